The van der Waals surface area contributed by atoms with Gasteiger partial charge in [0.05, 0.1) is 0 Å². The van der Waals surface area contributed by atoms with E-state index < -0.39 is 203 Å². The zero-order chi connectivity index (χ0) is 118. The topological polar surface area (TPSA) is 1900 Å². The van der Waals surface area contributed by atoms with Crippen molar-refractivity contribution in [3.63, 3.8) is 0 Å². The molecule has 133 heavy (non-hydrogen) atoms. The maximum Gasteiger partial charge on any atom is 1.00 e. The molecular weight excluding hydrogens is 2000 g/mol. The molecule has 0 saturated carbocycles. The Balaban J connectivity index is -0.0000000237. The Bertz CT molecular complexity index is 1870. The third kappa shape index (κ3) is 2330. The van der Waals surface area contributed by atoms with Crippen LogP contribution in [0.2, 0.25) is 0 Å². The maximum atomic E-state index is 8.56. The van der Waals surface area contributed by atoms with Crippen molar-refractivity contribution >= 4 is 203 Å². The predicted octanol–water partition coefficient (Wildman–Crippen LogP) is 3.01. The first-order chi connectivity index (χ1) is 57.2. The Morgan fingerprint density at radius 3 is 0.0752 bits per heavy atom. The van der Waals surface area contributed by atoms with E-state index in [-0.39, 0.29) is 29.6 Å². The van der Waals surface area contributed by atoms with Crippen molar-refractivity contribution in [2.75, 3.05) is 0 Å². The van der Waals surface area contributed by atoms with Crippen LogP contribution in [0.15, 0.2) is 0 Å². The summed E-state index contributed by atoms with van der Waals surface area (Å²) >= 11 is 0. The van der Waals surface area contributed by atoms with Gasteiger partial charge in [-0.25, -0.2) is 153 Å². The van der Waals surface area contributed by atoms with Crippen LogP contribution >= 0.6 is 0 Å². The number of hydrogen-bond acceptors (Lipinski definition) is 34. The van der Waals surface area contributed by atoms with Crippen molar-refractivity contribution in [1.82, 2.24) is 0 Å². The van der Waals surface area contributed by atoms with Gasteiger partial charge in [0.25, 0.3) is 0 Å². The minimum absolute atomic E-state index is 0. The molecule has 0 aliphatic carbocycles. The second-order valence-corrected chi connectivity index (χ2v) is 9.31. The average molecular weight is 2070 g/mol. The Labute approximate surface area is 727 Å². The van der Waals surface area contributed by atoms with Crippen LogP contribution in [0.25, 0.3) is 0 Å². The third-order valence-electron chi connectivity index (χ3n) is 0. The van der Waals surface area contributed by atoms with E-state index in [2.05, 4.69) is 0 Å². The van der Waals surface area contributed by atoms with E-state index in [1.807, 2.05) is 0 Å². The molecule has 0 heterocycles. The van der Waals surface area contributed by atoms with Crippen LogP contribution in [0.3, 0.4) is 0 Å². The van der Waals surface area contributed by atoms with Crippen LogP contribution < -0.4 is 34.7 Å². The fourth-order valence-electron chi connectivity index (χ4n) is 0. The Hall–Kier alpha value is -23.1. The van der Waals surface area contributed by atoms with Crippen LogP contribution in [0, 0.1) is 0 Å². The van der Waals surface area contributed by atoms with Crippen molar-refractivity contribution in [3.05, 3.63) is 0 Å². The smallest absolute Gasteiger partial charge is 0.565 e. The first-order valence-corrected chi connectivity index (χ1v) is 21.5. The average Bonchev–Trinajstić information content (AvgIpc) is 3.36. The summed E-state index contributed by atoms with van der Waals surface area (Å²) in [7, 11) is 0. The summed E-state index contributed by atoms with van der Waals surface area (Å²) < 4.78 is 0. The van der Waals surface area contributed by atoms with E-state index >= 15 is 0 Å². The summed E-state index contributed by atoms with van der Waals surface area (Å²) in [4.78, 5) is 282. The van der Waals surface area contributed by atoms with Crippen molar-refractivity contribution < 1.29 is 525 Å². The van der Waals surface area contributed by atoms with Gasteiger partial charge in [-0.3, -0.25) is 0 Å². The molecule has 65 N–H and O–H groups in total. The van der Waals surface area contributed by atoms with Gasteiger partial charge in [0.15, 0.2) is 0 Å². The molecule has 99 nitrogen and oxygen atoms in total. The molecule has 0 atom stereocenters. The van der Waals surface area contributed by atoms with E-state index in [9.17, 15) is 0 Å². The number of carboxylic acid groups (broad SMARTS) is 66. The molecule has 0 aliphatic heterocycles. The van der Waals surface area contributed by atoms with Gasteiger partial charge in [0.1, 0.15) is 0 Å². The normalized spacial score (nSPS) is 5.95. The van der Waals surface area contributed by atoms with Crippen LogP contribution in [0.4, 0.5) is 158 Å². The predicted molar refractivity (Wildman–Crippen MR) is 349 cm³/mol. The van der Waals surface area contributed by atoms with Gasteiger partial charge in [-0.15, -0.1) is 0 Å². The summed E-state index contributed by atoms with van der Waals surface area (Å²) in [5, 5.41) is 462. The molecular formula is C33H65NaO99. The quantitative estimate of drug-likeness (QED) is 0.155. The monoisotopic (exact) mass is 2070 g/mol. The minimum atomic E-state index is -2.08. The van der Waals surface area contributed by atoms with Crippen LogP contribution in [0.5, 0.6) is 0 Å². The summed E-state index contributed by atoms with van der Waals surface area (Å²) in [5.74, 6) is 0. The maximum absolute atomic E-state index is 8.56. The van der Waals surface area contributed by atoms with E-state index in [1.54, 1.807) is 0 Å². The summed E-state index contributed by atoms with van der Waals surface area (Å²) in [6.45, 7) is 0. The molecule has 0 bridgehead atoms. The first-order valence-electron chi connectivity index (χ1n) is 21.5. The molecule has 0 spiro atoms. The van der Waals surface area contributed by atoms with Crippen LogP contribution in [-0.4, -0.2) is 535 Å². The molecule has 0 rings (SSSR count). The molecule has 0 saturated heterocycles. The van der Waals surface area contributed by atoms with E-state index in [4.69, 9.17) is 495 Å². The summed E-state index contributed by atoms with van der Waals surface area (Å²) in [6.07, 6.45) is -60.8. The van der Waals surface area contributed by atoms with Gasteiger partial charge in [0.2, 0.25) is 6.16 Å². The Morgan fingerprint density at radius 2 is 0.0752 bits per heavy atom. The second kappa shape index (κ2) is 220. The van der Waals surface area contributed by atoms with Gasteiger partial charge in [0, 0.05) is 0 Å². The third-order valence-corrected chi connectivity index (χ3v) is 0. The molecule has 0 unspecified atom stereocenters. The van der Waals surface area contributed by atoms with Gasteiger partial charge in [-0.05, 0) is 0 Å². The van der Waals surface area contributed by atoms with Crippen molar-refractivity contribution in [1.29, 1.82) is 0 Å². The Kier molecular flexibility index (Phi) is 374. The zero-order valence-corrected chi connectivity index (χ0v) is 62.4. The molecule has 0 aromatic heterocycles. The molecule has 0 aromatic rings. The van der Waals surface area contributed by atoms with Crippen molar-refractivity contribution in [3.8, 4) is 0 Å². The molecule has 0 amide bonds. The van der Waals surface area contributed by atoms with Crippen molar-refractivity contribution in [2.45, 2.75) is 0 Å². The zero-order valence-electron chi connectivity index (χ0n) is 60.4. The molecule has 0 aromatic carbocycles. The second-order valence-electron chi connectivity index (χ2n) is 9.31. The summed E-state index contributed by atoms with van der Waals surface area (Å²) in [5.41, 5.74) is 0. The number of rotatable bonds is 0. The van der Waals surface area contributed by atoms with Crippen LogP contribution in [0.1, 0.15) is 0 Å². The van der Waals surface area contributed by atoms with E-state index in [1.165, 1.54) is 0 Å². The Morgan fingerprint density at radius 1 is 0.0752 bits per heavy atom. The fourth-order valence-corrected chi connectivity index (χ4v) is 0. The first kappa shape index (κ1) is 226. The largest absolute Gasteiger partial charge is 1.00 e. The standard InChI is InChI=1S/33CH2O3.Na/c33*2-1(3)4;/h33*(H2,2,3,4);/q;;;;;;;;;;;;;;;;;;;;;;;;;;;;;;;;;+1/p-1. The molecule has 792 valence electrons. The van der Waals surface area contributed by atoms with Gasteiger partial charge in [-0.2, -0.15) is 0 Å². The van der Waals surface area contributed by atoms with Crippen LogP contribution in [-0.2, 0) is 0 Å². The molecule has 100 heteroatoms. The van der Waals surface area contributed by atoms with Gasteiger partial charge in [-0.1, -0.05) is 0 Å². The number of carbonyl (C=O) groups is 33. The minimum Gasteiger partial charge on any atom is -0.565 e. The molecule has 0 radical (unpaired) electrons. The van der Waals surface area contributed by atoms with Crippen molar-refractivity contribution in [2.24, 2.45) is 0 Å². The summed E-state index contributed by atoms with van der Waals surface area (Å²) in [6, 6.07) is 0. The SMILES string of the molecule is O=C(O)O.O=C(O)O.O=C(O)O.O=C(O)O.O=C(O)O.O=C(O)O.O=C(O)O.O=C(O)O.O=C(O)O.O=C(O)O.O=C(O)O.O=C(O)O.O=C(O)O.O=C(O)O.O=C(O)O.O=C(O)O.O=C(O)O.O=C(O)O.O=C(O)O.O=C(O)O.O=C(O)O.O=C(O)O.O=C(O)O.O=C(O)O.O=C(O)O.O=C(O)O.O=C(O)O.O=C(O)O.O=C(O)O.O=C(O)O.O=C(O)O.O=C(O)O.O=C([O-])O.[Na+]. The fraction of sp³-hybridized carbons (Fsp3) is 0. The van der Waals surface area contributed by atoms with E-state index in [0.29, 0.717) is 0 Å². The molecule has 0 aliphatic rings. The molecule has 0 fully saturated rings. The van der Waals surface area contributed by atoms with Gasteiger partial charge < -0.3 is 342 Å². The van der Waals surface area contributed by atoms with Gasteiger partial charge >= 0.3 is 227 Å². The number of hydrogen-bond donors (Lipinski definition) is 65. The van der Waals surface area contributed by atoms with E-state index in [0.717, 1.165) is 0 Å².